The molecule has 2 rings (SSSR count). The fourth-order valence-corrected chi connectivity index (χ4v) is 3.21. The third kappa shape index (κ3) is 2.45. The Morgan fingerprint density at radius 1 is 0.944 bits per heavy atom. The van der Waals surface area contributed by atoms with Crippen molar-refractivity contribution in [2.75, 3.05) is 0 Å². The summed E-state index contributed by atoms with van der Waals surface area (Å²) in [5.74, 6) is 1.25. The van der Waals surface area contributed by atoms with E-state index in [4.69, 9.17) is 5.73 Å². The normalized spacial score (nSPS) is 37.7. The molecule has 1 aromatic rings. The zero-order valence-electron chi connectivity index (χ0n) is 12.0. The van der Waals surface area contributed by atoms with Crippen LogP contribution >= 0.6 is 0 Å². The molecule has 2 nitrogen and oxygen atoms in total. The molecule has 1 heterocycles. The first-order valence-electron chi connectivity index (χ1n) is 7.07. The van der Waals surface area contributed by atoms with Gasteiger partial charge >= 0.3 is 0 Å². The van der Waals surface area contributed by atoms with E-state index >= 15 is 0 Å². The number of nitrogens with zero attached hydrogens (tertiary/aromatic N) is 1. The third-order valence-corrected chi connectivity index (χ3v) is 5.01. The summed E-state index contributed by atoms with van der Waals surface area (Å²) in [6.07, 6.45) is 0. The second-order valence-electron chi connectivity index (χ2n) is 5.93. The molecule has 0 aliphatic carbocycles. The number of nitrogens with two attached hydrogens (primary N) is 1. The number of benzene rings is 1. The van der Waals surface area contributed by atoms with Gasteiger partial charge in [-0.05, 0) is 31.2 Å². The molecule has 100 valence electrons. The summed E-state index contributed by atoms with van der Waals surface area (Å²) >= 11 is 0. The predicted octanol–water partition coefficient (Wildman–Crippen LogP) is 2.88. The minimum Gasteiger partial charge on any atom is -0.326 e. The average Bonchev–Trinajstić information content (AvgIpc) is 2.40. The minimum absolute atomic E-state index is 0.278. The Morgan fingerprint density at radius 3 is 2.17 bits per heavy atom. The van der Waals surface area contributed by atoms with Gasteiger partial charge in [-0.15, -0.1) is 0 Å². The Kier molecular flexibility index (Phi) is 4.08. The van der Waals surface area contributed by atoms with Gasteiger partial charge in [-0.25, -0.2) is 0 Å². The van der Waals surface area contributed by atoms with Gasteiger partial charge in [-0.3, -0.25) is 4.90 Å². The average molecular weight is 246 g/mol. The van der Waals surface area contributed by atoms with Crippen LogP contribution in [0.5, 0.6) is 0 Å². The van der Waals surface area contributed by atoms with Crippen molar-refractivity contribution < 1.29 is 0 Å². The van der Waals surface area contributed by atoms with E-state index in [-0.39, 0.29) is 6.04 Å². The molecular weight excluding hydrogens is 220 g/mol. The van der Waals surface area contributed by atoms with Crippen molar-refractivity contribution in [3.05, 3.63) is 35.9 Å². The summed E-state index contributed by atoms with van der Waals surface area (Å²) in [5.41, 5.74) is 7.76. The lowest BCUT2D eigenvalue weighted by Gasteiger charge is -2.49. The van der Waals surface area contributed by atoms with Crippen LogP contribution in [0.3, 0.4) is 0 Å². The number of rotatable bonds is 2. The van der Waals surface area contributed by atoms with Crippen LogP contribution in [0, 0.1) is 11.8 Å². The Morgan fingerprint density at radius 2 is 1.56 bits per heavy atom. The summed E-state index contributed by atoms with van der Waals surface area (Å²) in [6, 6.07) is 12.0. The molecule has 0 amide bonds. The van der Waals surface area contributed by atoms with Crippen molar-refractivity contribution >= 4 is 0 Å². The molecule has 1 saturated heterocycles. The van der Waals surface area contributed by atoms with Gasteiger partial charge in [0.25, 0.3) is 0 Å². The molecule has 0 unspecified atom stereocenters. The van der Waals surface area contributed by atoms with Crippen LogP contribution < -0.4 is 5.73 Å². The van der Waals surface area contributed by atoms with Crippen LogP contribution in [0.1, 0.15) is 33.3 Å². The summed E-state index contributed by atoms with van der Waals surface area (Å²) in [7, 11) is 0. The minimum atomic E-state index is 0.278. The SMILES string of the molecule is C[C@@H]1[C@H](C)[C@H](C)N(Cc2ccccc2)[C@@H](C)[C@@H]1N. The van der Waals surface area contributed by atoms with Crippen LogP contribution in [0.15, 0.2) is 30.3 Å². The molecule has 1 fully saturated rings. The molecular formula is C16H26N2. The second-order valence-corrected chi connectivity index (χ2v) is 5.93. The van der Waals surface area contributed by atoms with E-state index in [0.29, 0.717) is 23.9 Å². The number of piperidine rings is 1. The first-order chi connectivity index (χ1) is 8.52. The largest absolute Gasteiger partial charge is 0.326 e. The van der Waals surface area contributed by atoms with Gasteiger partial charge in [0.1, 0.15) is 0 Å². The summed E-state index contributed by atoms with van der Waals surface area (Å²) in [5, 5.41) is 0. The van der Waals surface area contributed by atoms with Gasteiger partial charge in [-0.2, -0.15) is 0 Å². The molecule has 0 bridgehead atoms. The third-order valence-electron chi connectivity index (χ3n) is 5.01. The number of likely N-dealkylation sites (tertiary alicyclic amines) is 1. The number of hydrogen-bond acceptors (Lipinski definition) is 2. The van der Waals surface area contributed by atoms with E-state index in [0.717, 1.165) is 6.54 Å². The van der Waals surface area contributed by atoms with E-state index in [1.54, 1.807) is 0 Å². The highest BCUT2D eigenvalue weighted by Crippen LogP contribution is 2.32. The zero-order valence-corrected chi connectivity index (χ0v) is 12.0. The monoisotopic (exact) mass is 246 g/mol. The Labute approximate surface area is 111 Å². The second kappa shape index (κ2) is 5.41. The van der Waals surface area contributed by atoms with Crippen LogP contribution in [-0.2, 0) is 6.54 Å². The van der Waals surface area contributed by atoms with E-state index < -0.39 is 0 Å². The molecule has 18 heavy (non-hydrogen) atoms. The standard InChI is InChI=1S/C16H26N2/c1-11-12(2)16(17)14(4)18(13(11)3)10-15-8-6-5-7-9-15/h5-9,11-14,16H,10,17H2,1-4H3/t11-,12+,13-,14-,16+/m0/s1. The first kappa shape index (κ1) is 13.6. The lowest BCUT2D eigenvalue weighted by atomic mass is 9.76. The van der Waals surface area contributed by atoms with Gasteiger partial charge in [0.15, 0.2) is 0 Å². The van der Waals surface area contributed by atoms with Gasteiger partial charge < -0.3 is 5.73 Å². The Bertz CT molecular complexity index is 360. The van der Waals surface area contributed by atoms with Crippen molar-refractivity contribution in [1.29, 1.82) is 0 Å². The maximum atomic E-state index is 6.38. The molecule has 1 aliphatic rings. The van der Waals surface area contributed by atoms with Crippen molar-refractivity contribution in [2.24, 2.45) is 17.6 Å². The van der Waals surface area contributed by atoms with E-state index in [2.05, 4.69) is 62.9 Å². The fraction of sp³-hybridized carbons (Fsp3) is 0.625. The smallest absolute Gasteiger partial charge is 0.0240 e. The van der Waals surface area contributed by atoms with Crippen molar-refractivity contribution in [3.63, 3.8) is 0 Å². The van der Waals surface area contributed by atoms with Gasteiger partial charge in [0.2, 0.25) is 0 Å². The van der Waals surface area contributed by atoms with E-state index in [1.165, 1.54) is 5.56 Å². The lowest BCUT2D eigenvalue weighted by Crippen LogP contribution is -2.60. The fourth-order valence-electron chi connectivity index (χ4n) is 3.21. The van der Waals surface area contributed by atoms with Gasteiger partial charge in [0, 0.05) is 24.7 Å². The molecule has 1 aromatic carbocycles. The molecule has 0 spiro atoms. The first-order valence-corrected chi connectivity index (χ1v) is 7.07. The van der Waals surface area contributed by atoms with Gasteiger partial charge in [0.05, 0.1) is 0 Å². The molecule has 0 aromatic heterocycles. The molecule has 2 heteroatoms. The Balaban J connectivity index is 2.16. The maximum absolute atomic E-state index is 6.38. The predicted molar refractivity (Wildman–Crippen MR) is 77.2 cm³/mol. The number of hydrogen-bond donors (Lipinski definition) is 1. The van der Waals surface area contributed by atoms with E-state index in [9.17, 15) is 0 Å². The highest BCUT2D eigenvalue weighted by molar-refractivity contribution is 5.15. The lowest BCUT2D eigenvalue weighted by molar-refractivity contribution is 0.00745. The summed E-state index contributed by atoms with van der Waals surface area (Å²) < 4.78 is 0. The summed E-state index contributed by atoms with van der Waals surface area (Å²) in [4.78, 5) is 2.56. The van der Waals surface area contributed by atoms with E-state index in [1.807, 2.05) is 0 Å². The van der Waals surface area contributed by atoms with Crippen LogP contribution in [0.2, 0.25) is 0 Å². The molecule has 1 aliphatic heterocycles. The van der Waals surface area contributed by atoms with Gasteiger partial charge in [-0.1, -0.05) is 44.2 Å². The highest BCUT2D eigenvalue weighted by atomic mass is 15.2. The molecule has 5 atom stereocenters. The maximum Gasteiger partial charge on any atom is 0.0240 e. The molecule has 0 saturated carbocycles. The van der Waals surface area contributed by atoms with Crippen molar-refractivity contribution in [3.8, 4) is 0 Å². The van der Waals surface area contributed by atoms with Crippen LogP contribution in [-0.4, -0.2) is 23.0 Å². The van der Waals surface area contributed by atoms with Crippen molar-refractivity contribution in [1.82, 2.24) is 4.90 Å². The highest BCUT2D eigenvalue weighted by Gasteiger charge is 2.39. The van der Waals surface area contributed by atoms with Crippen LogP contribution in [0.25, 0.3) is 0 Å². The summed E-state index contributed by atoms with van der Waals surface area (Å²) in [6.45, 7) is 10.2. The van der Waals surface area contributed by atoms with Crippen LogP contribution in [0.4, 0.5) is 0 Å². The molecule has 0 radical (unpaired) electrons. The van der Waals surface area contributed by atoms with Crippen molar-refractivity contribution in [2.45, 2.75) is 52.4 Å². The zero-order chi connectivity index (χ0) is 13.3. The quantitative estimate of drug-likeness (QED) is 0.869. The molecule has 2 N–H and O–H groups in total. The Hall–Kier alpha value is -0.860. The topological polar surface area (TPSA) is 29.3 Å².